The lowest BCUT2D eigenvalue weighted by Crippen LogP contribution is -2.46. The first-order valence-electron chi connectivity index (χ1n) is 15.4. The molecule has 2 N–H and O–H groups in total. The molecule has 1 aromatic carbocycles. The van der Waals surface area contributed by atoms with E-state index in [0.717, 1.165) is 17.2 Å². The van der Waals surface area contributed by atoms with Gasteiger partial charge in [0.15, 0.2) is 17.2 Å². The Balaban J connectivity index is 1.20. The highest BCUT2D eigenvalue weighted by Crippen LogP contribution is 2.59. The lowest BCUT2D eigenvalue weighted by atomic mass is 10.0. The highest BCUT2D eigenvalue weighted by molar-refractivity contribution is 6.09. The molecule has 1 saturated heterocycles. The number of piperidine rings is 1. The van der Waals surface area contributed by atoms with E-state index >= 15 is 0 Å². The molecule has 1 saturated carbocycles. The number of carbonyl (C=O) groups is 3. The third kappa shape index (κ3) is 5.06. The lowest BCUT2D eigenvalue weighted by Gasteiger charge is -2.27. The third-order valence-electron chi connectivity index (χ3n) is 9.65. The zero-order chi connectivity index (χ0) is 34.4. The zero-order valence-electron chi connectivity index (χ0n) is 26.8. The van der Waals surface area contributed by atoms with Crippen molar-refractivity contribution >= 4 is 40.0 Å². The fourth-order valence-electron chi connectivity index (χ4n) is 7.01. The summed E-state index contributed by atoms with van der Waals surface area (Å²) in [6, 6.07) is 4.79. The number of alkyl halides is 3. The van der Waals surface area contributed by atoms with Crippen LogP contribution in [-0.2, 0) is 22.3 Å². The predicted molar refractivity (Wildman–Crippen MR) is 169 cm³/mol. The number of likely N-dealkylation sites (tertiary alicyclic amines) is 1. The molecule has 0 radical (unpaired) electrons. The second-order valence-electron chi connectivity index (χ2n) is 13.2. The SMILES string of the molecule is CC(=O)c1cn(CC(=O)N2[C@H](C(=O)Nc3nc(C(F)(F)F)ccc3C)C[C@@]3(C)C[C@@H]23)c2c(C)cc(-c3cnc4c(O)c(C)nn4c3)cc12. The van der Waals surface area contributed by atoms with Gasteiger partial charge in [-0.1, -0.05) is 13.0 Å². The molecule has 3 atom stereocenters. The Kier molecular flexibility index (Phi) is 6.93. The van der Waals surface area contributed by atoms with E-state index in [4.69, 9.17) is 0 Å². The van der Waals surface area contributed by atoms with Crippen molar-refractivity contribution in [2.75, 3.05) is 5.32 Å². The largest absolute Gasteiger partial charge is 0.503 e. The van der Waals surface area contributed by atoms with Crippen LogP contribution in [0.5, 0.6) is 5.75 Å². The number of hydrogen-bond acceptors (Lipinski definition) is 7. The number of hydrogen-bond donors (Lipinski definition) is 2. The number of carbonyl (C=O) groups excluding carboxylic acids is 3. The number of amides is 2. The van der Waals surface area contributed by atoms with E-state index in [2.05, 4.69) is 20.4 Å². The maximum absolute atomic E-state index is 14.0. The van der Waals surface area contributed by atoms with Crippen LogP contribution in [0.2, 0.25) is 0 Å². The minimum atomic E-state index is -4.68. The summed E-state index contributed by atoms with van der Waals surface area (Å²) in [5, 5.41) is 17.7. The monoisotopic (exact) mass is 659 g/mol. The number of nitrogens with one attached hydrogen (secondary N) is 1. The van der Waals surface area contributed by atoms with Crippen LogP contribution < -0.4 is 5.32 Å². The maximum Gasteiger partial charge on any atom is 0.433 e. The summed E-state index contributed by atoms with van der Waals surface area (Å²) < 4.78 is 43.2. The number of anilines is 1. The van der Waals surface area contributed by atoms with Crippen LogP contribution in [0.25, 0.3) is 27.7 Å². The summed E-state index contributed by atoms with van der Waals surface area (Å²) in [5.41, 5.74) is 3.09. The van der Waals surface area contributed by atoms with Crippen molar-refractivity contribution in [3.63, 3.8) is 0 Å². The Bertz CT molecular complexity index is 2200. The summed E-state index contributed by atoms with van der Waals surface area (Å²) >= 11 is 0. The molecule has 14 heteroatoms. The van der Waals surface area contributed by atoms with E-state index in [1.165, 1.54) is 17.5 Å². The number of rotatable bonds is 6. The van der Waals surface area contributed by atoms with Crippen molar-refractivity contribution in [3.8, 4) is 16.9 Å². The highest BCUT2D eigenvalue weighted by atomic mass is 19.4. The normalized spacial score (nSPS) is 20.4. The Labute approximate surface area is 272 Å². The van der Waals surface area contributed by atoms with Gasteiger partial charge in [0.1, 0.15) is 29.8 Å². The fraction of sp³-hybridized carbons (Fsp3) is 0.353. The number of benzene rings is 1. The van der Waals surface area contributed by atoms with Gasteiger partial charge in [0, 0.05) is 41.1 Å². The number of ketones is 1. The van der Waals surface area contributed by atoms with Crippen LogP contribution in [0.15, 0.2) is 42.9 Å². The van der Waals surface area contributed by atoms with Crippen LogP contribution in [0.4, 0.5) is 19.0 Å². The number of Topliss-reactive ketones (excluding diaryl/α,β-unsaturated/α-hetero) is 1. The van der Waals surface area contributed by atoms with Gasteiger partial charge < -0.3 is 19.9 Å². The van der Waals surface area contributed by atoms with Crippen LogP contribution in [0.3, 0.4) is 0 Å². The van der Waals surface area contributed by atoms with E-state index in [1.54, 1.807) is 41.9 Å². The van der Waals surface area contributed by atoms with Crippen molar-refractivity contribution in [2.45, 2.75) is 72.3 Å². The highest BCUT2D eigenvalue weighted by Gasteiger charge is 2.64. The van der Waals surface area contributed by atoms with Gasteiger partial charge >= 0.3 is 6.18 Å². The number of fused-ring (bicyclic) bond motifs is 3. The molecule has 7 rings (SSSR count). The first-order valence-corrected chi connectivity index (χ1v) is 15.4. The van der Waals surface area contributed by atoms with Gasteiger partial charge in [0.25, 0.3) is 0 Å². The van der Waals surface area contributed by atoms with Crippen molar-refractivity contribution in [1.82, 2.24) is 29.0 Å². The molecular formula is C34H32F3N7O4. The van der Waals surface area contributed by atoms with Gasteiger partial charge in [-0.3, -0.25) is 14.4 Å². The lowest BCUT2D eigenvalue weighted by molar-refractivity contribution is -0.141. The van der Waals surface area contributed by atoms with E-state index in [-0.39, 0.29) is 41.3 Å². The van der Waals surface area contributed by atoms with E-state index in [1.807, 2.05) is 26.0 Å². The average molecular weight is 660 g/mol. The Hall–Kier alpha value is -5.27. The molecule has 2 amide bonds. The van der Waals surface area contributed by atoms with E-state index < -0.39 is 23.8 Å². The molecule has 48 heavy (non-hydrogen) atoms. The summed E-state index contributed by atoms with van der Waals surface area (Å²) in [6.07, 6.45) is 1.40. The number of pyridine rings is 1. The fourth-order valence-corrected chi connectivity index (χ4v) is 7.01. The summed E-state index contributed by atoms with van der Waals surface area (Å²) in [7, 11) is 0. The van der Waals surface area contributed by atoms with Gasteiger partial charge in [-0.15, -0.1) is 0 Å². The minimum absolute atomic E-state index is 0.000430. The maximum atomic E-state index is 14.0. The first-order chi connectivity index (χ1) is 22.6. The Morgan fingerprint density at radius 1 is 1.06 bits per heavy atom. The molecule has 2 aliphatic rings. The quantitative estimate of drug-likeness (QED) is 0.226. The van der Waals surface area contributed by atoms with Gasteiger partial charge in [0.2, 0.25) is 11.8 Å². The number of aryl methyl sites for hydroxylation is 3. The molecule has 4 aromatic heterocycles. The summed E-state index contributed by atoms with van der Waals surface area (Å²) in [6.45, 7) is 8.39. The van der Waals surface area contributed by atoms with Crippen molar-refractivity contribution in [3.05, 3.63) is 70.9 Å². The Morgan fingerprint density at radius 3 is 2.52 bits per heavy atom. The number of aromatic hydroxyl groups is 1. The summed E-state index contributed by atoms with van der Waals surface area (Å²) in [5.74, 6) is -1.33. The smallest absolute Gasteiger partial charge is 0.433 e. The van der Waals surface area contributed by atoms with Gasteiger partial charge in [-0.25, -0.2) is 14.5 Å². The first kappa shape index (κ1) is 31.3. The zero-order valence-corrected chi connectivity index (χ0v) is 26.8. The van der Waals surface area contributed by atoms with Crippen LogP contribution in [0, 0.1) is 26.2 Å². The standard InChI is InChI=1S/C34H32F3N7O4/c1-16-6-7-25(34(35,36)37)39-30(16)40-32(48)24-10-33(5)11-26(33)44(24)27(46)15-42-14-23(19(4)45)22-9-20(8-17(2)28(22)42)21-12-38-31-29(47)18(3)41-43(31)13-21/h6-9,12-14,24,26,47H,10-11,15H2,1-5H3,(H,39,40,48)/t24-,26+,33-/m0/s1. The topological polar surface area (TPSA) is 135 Å². The van der Waals surface area contributed by atoms with Crippen LogP contribution in [-0.4, -0.2) is 63.8 Å². The van der Waals surface area contributed by atoms with Crippen molar-refractivity contribution in [2.24, 2.45) is 5.41 Å². The van der Waals surface area contributed by atoms with Crippen molar-refractivity contribution in [1.29, 1.82) is 0 Å². The molecule has 5 heterocycles. The molecule has 11 nitrogen and oxygen atoms in total. The molecule has 0 bridgehead atoms. The second kappa shape index (κ2) is 10.6. The number of halogens is 3. The molecule has 248 valence electrons. The van der Waals surface area contributed by atoms with Gasteiger partial charge in [0.05, 0.1) is 5.52 Å². The minimum Gasteiger partial charge on any atom is -0.503 e. The van der Waals surface area contributed by atoms with Gasteiger partial charge in [-0.2, -0.15) is 18.3 Å². The number of aromatic nitrogens is 5. The Morgan fingerprint density at radius 2 is 1.81 bits per heavy atom. The van der Waals surface area contributed by atoms with Crippen LogP contribution in [0.1, 0.15) is 59.6 Å². The molecule has 1 aliphatic carbocycles. The molecule has 1 aliphatic heterocycles. The molecule has 2 fully saturated rings. The van der Waals surface area contributed by atoms with Crippen molar-refractivity contribution < 1.29 is 32.7 Å². The molecular weight excluding hydrogens is 627 g/mol. The predicted octanol–water partition coefficient (Wildman–Crippen LogP) is 5.62. The summed E-state index contributed by atoms with van der Waals surface area (Å²) in [4.78, 5) is 49.9. The number of nitrogens with zero attached hydrogens (tertiary/aromatic N) is 6. The second-order valence-corrected chi connectivity index (χ2v) is 13.2. The van der Waals surface area contributed by atoms with Gasteiger partial charge in [-0.05, 0) is 80.8 Å². The third-order valence-corrected chi connectivity index (χ3v) is 9.65. The van der Waals surface area contributed by atoms with Crippen LogP contribution >= 0.6 is 0 Å². The molecule has 0 spiro atoms. The molecule has 5 aromatic rings. The molecule has 0 unspecified atom stereocenters. The van der Waals surface area contributed by atoms with E-state index in [9.17, 15) is 32.7 Å². The van der Waals surface area contributed by atoms with E-state index in [0.29, 0.717) is 51.8 Å². The average Bonchev–Trinajstić information content (AvgIpc) is 3.25.